The lowest BCUT2D eigenvalue weighted by atomic mass is 9.92. The summed E-state index contributed by atoms with van der Waals surface area (Å²) in [4.78, 5) is 18.8. The van der Waals surface area contributed by atoms with Gasteiger partial charge in [-0.15, -0.1) is 0 Å². The molecule has 0 radical (unpaired) electrons. The van der Waals surface area contributed by atoms with Crippen LogP contribution in [0.25, 0.3) is 55.5 Å². The van der Waals surface area contributed by atoms with Crippen LogP contribution in [0.15, 0.2) is 42.5 Å². The Bertz CT molecular complexity index is 2100. The smallest absolute Gasteiger partial charge is 0.126 e. The van der Waals surface area contributed by atoms with E-state index in [1.807, 2.05) is 6.07 Å². The number of aromatic amines is 2. The fraction of sp³-hybridized carbons (Fsp3) is 0.395. The lowest BCUT2D eigenvalue weighted by molar-refractivity contribution is 0.416. The summed E-state index contributed by atoms with van der Waals surface area (Å²) in [6, 6.07) is 15.4. The monoisotopic (exact) mass is 640 g/mol. The molecule has 0 unspecified atom stereocenters. The zero-order valence-electron chi connectivity index (χ0n) is 30.5. The molecule has 4 aromatic rings. The minimum atomic E-state index is 0.851. The fourth-order valence-electron chi connectivity index (χ4n) is 8.30. The molecule has 0 fully saturated rings. The molecule has 8 bridgehead atoms. The molecule has 5 nitrogen and oxygen atoms in total. The molecule has 0 aliphatic carbocycles. The molecule has 250 valence electrons. The molecule has 2 aliphatic rings. The largest absolute Gasteiger partial charge is 0.496 e. The van der Waals surface area contributed by atoms with Gasteiger partial charge in [0.25, 0.3) is 0 Å². The molecule has 6 rings (SSSR count). The number of benzene rings is 1. The van der Waals surface area contributed by atoms with E-state index in [9.17, 15) is 0 Å². The quantitative estimate of drug-likeness (QED) is 0.181. The minimum Gasteiger partial charge on any atom is -0.496 e. The predicted molar refractivity (Wildman–Crippen MR) is 205 cm³/mol. The fourth-order valence-corrected chi connectivity index (χ4v) is 8.30. The molecular weight excluding hydrogens is 589 g/mol. The van der Waals surface area contributed by atoms with Gasteiger partial charge in [0.05, 0.1) is 35.4 Å². The highest BCUT2D eigenvalue weighted by Gasteiger charge is 2.27. The molecule has 0 spiro atoms. The average molecular weight is 641 g/mol. The molecule has 5 heterocycles. The van der Waals surface area contributed by atoms with Gasteiger partial charge < -0.3 is 14.7 Å². The molecule has 2 aliphatic heterocycles. The normalized spacial score (nSPS) is 13.2. The van der Waals surface area contributed by atoms with Gasteiger partial charge in [0.15, 0.2) is 0 Å². The maximum atomic E-state index is 6.05. The second-order valence-corrected chi connectivity index (χ2v) is 12.8. The van der Waals surface area contributed by atoms with Crippen molar-refractivity contribution in [2.24, 2.45) is 0 Å². The van der Waals surface area contributed by atoms with Crippen LogP contribution in [0.2, 0.25) is 0 Å². The van der Waals surface area contributed by atoms with Gasteiger partial charge in [-0.2, -0.15) is 0 Å². The zero-order chi connectivity index (χ0) is 34.1. The van der Waals surface area contributed by atoms with E-state index in [2.05, 4.69) is 102 Å². The van der Waals surface area contributed by atoms with Gasteiger partial charge in [0, 0.05) is 27.7 Å². The van der Waals surface area contributed by atoms with Gasteiger partial charge in [0.1, 0.15) is 5.75 Å². The summed E-state index contributed by atoms with van der Waals surface area (Å²) in [5, 5.41) is 0. The van der Waals surface area contributed by atoms with Gasteiger partial charge in [-0.05, 0) is 120 Å². The number of hydrogen-bond acceptors (Lipinski definition) is 3. The Balaban J connectivity index is 1.95. The summed E-state index contributed by atoms with van der Waals surface area (Å²) in [6.07, 6.45) is 7.42. The highest BCUT2D eigenvalue weighted by Crippen LogP contribution is 2.45. The van der Waals surface area contributed by atoms with Crippen molar-refractivity contribution in [1.29, 1.82) is 0 Å². The second-order valence-electron chi connectivity index (χ2n) is 12.8. The lowest BCUT2D eigenvalue weighted by Crippen LogP contribution is -1.95. The van der Waals surface area contributed by atoms with E-state index in [-0.39, 0.29) is 0 Å². The SMILES string of the molecule is CCC1=C(CC)c2cc3[nH]c(cc4[nH]c(c(CC)c4CC)c(-c4ccccc4OC)c4nc(cc1n2)C(CC)=C4CC)c(CC)c3CC. The van der Waals surface area contributed by atoms with Crippen LogP contribution in [-0.4, -0.2) is 27.0 Å². The summed E-state index contributed by atoms with van der Waals surface area (Å²) in [5.74, 6) is 0.851. The summed E-state index contributed by atoms with van der Waals surface area (Å²) >= 11 is 0. The van der Waals surface area contributed by atoms with E-state index in [0.717, 1.165) is 102 Å². The first-order valence-electron chi connectivity index (χ1n) is 18.3. The van der Waals surface area contributed by atoms with E-state index < -0.39 is 0 Å². The first-order valence-corrected chi connectivity index (χ1v) is 18.3. The van der Waals surface area contributed by atoms with Crippen molar-refractivity contribution in [2.75, 3.05) is 7.11 Å². The molecule has 48 heavy (non-hydrogen) atoms. The number of methoxy groups -OCH3 is 1. The Morgan fingerprint density at radius 3 is 1.60 bits per heavy atom. The Morgan fingerprint density at radius 2 is 1.02 bits per heavy atom. The minimum absolute atomic E-state index is 0.851. The summed E-state index contributed by atoms with van der Waals surface area (Å²) in [5.41, 5.74) is 21.8. The van der Waals surface area contributed by atoms with Crippen molar-refractivity contribution in [1.82, 2.24) is 19.9 Å². The van der Waals surface area contributed by atoms with Crippen molar-refractivity contribution in [3.8, 4) is 16.9 Å². The third-order valence-corrected chi connectivity index (χ3v) is 10.5. The molecule has 1 aromatic carbocycles. The predicted octanol–water partition coefficient (Wildman–Crippen LogP) is 11.7. The molecule has 0 atom stereocenters. The molecule has 2 N–H and O–H groups in total. The van der Waals surface area contributed by atoms with E-state index >= 15 is 0 Å². The van der Waals surface area contributed by atoms with Crippen LogP contribution in [0.1, 0.15) is 126 Å². The number of hydrogen-bond donors (Lipinski definition) is 2. The van der Waals surface area contributed by atoms with E-state index in [1.54, 1.807) is 7.11 Å². The Labute approximate surface area is 286 Å². The topological polar surface area (TPSA) is 66.6 Å². The van der Waals surface area contributed by atoms with Crippen molar-refractivity contribution < 1.29 is 4.74 Å². The first kappa shape index (κ1) is 33.5. The van der Waals surface area contributed by atoms with Gasteiger partial charge in [0.2, 0.25) is 0 Å². The second kappa shape index (κ2) is 14.0. The molecule has 0 amide bonds. The summed E-state index contributed by atoms with van der Waals surface area (Å²) in [6.45, 7) is 18.1. The highest BCUT2D eigenvalue weighted by atomic mass is 16.5. The number of fused-ring (bicyclic) bond motifs is 8. The van der Waals surface area contributed by atoms with Gasteiger partial charge in [-0.1, -0.05) is 73.6 Å². The van der Waals surface area contributed by atoms with Crippen LogP contribution in [0.4, 0.5) is 0 Å². The van der Waals surface area contributed by atoms with Crippen molar-refractivity contribution in [3.05, 3.63) is 87.5 Å². The van der Waals surface area contributed by atoms with Crippen LogP contribution in [0.3, 0.4) is 0 Å². The number of rotatable bonds is 10. The molecule has 3 aromatic heterocycles. The number of ether oxygens (including phenoxy) is 1. The zero-order valence-corrected chi connectivity index (χ0v) is 30.5. The number of aryl methyl sites for hydroxylation is 4. The van der Waals surface area contributed by atoms with E-state index in [1.165, 1.54) is 55.6 Å². The van der Waals surface area contributed by atoms with Gasteiger partial charge in [-0.3, -0.25) is 0 Å². The summed E-state index contributed by atoms with van der Waals surface area (Å²) < 4.78 is 6.05. The Hall–Kier alpha value is -4.38. The van der Waals surface area contributed by atoms with Crippen LogP contribution in [0.5, 0.6) is 5.75 Å². The first-order chi connectivity index (χ1) is 23.4. The van der Waals surface area contributed by atoms with Crippen LogP contribution in [-0.2, 0) is 25.7 Å². The Kier molecular flexibility index (Phi) is 9.78. The van der Waals surface area contributed by atoms with Gasteiger partial charge >= 0.3 is 0 Å². The third kappa shape index (κ3) is 5.41. The van der Waals surface area contributed by atoms with Gasteiger partial charge in [-0.25, -0.2) is 9.97 Å². The van der Waals surface area contributed by atoms with Crippen LogP contribution < -0.4 is 4.74 Å². The number of allylic oxidation sites excluding steroid dienone is 4. The highest BCUT2D eigenvalue weighted by molar-refractivity contribution is 6.03. The van der Waals surface area contributed by atoms with Crippen molar-refractivity contribution in [2.45, 2.75) is 107 Å². The number of nitrogens with one attached hydrogen (secondary N) is 2. The number of nitrogens with zero attached hydrogens (tertiary/aromatic N) is 2. The molecule has 0 saturated carbocycles. The molecule has 5 heteroatoms. The van der Waals surface area contributed by atoms with Crippen molar-refractivity contribution in [3.63, 3.8) is 0 Å². The molecular formula is C43H52N4O. The van der Waals surface area contributed by atoms with Crippen LogP contribution in [0, 0.1) is 0 Å². The number of aromatic nitrogens is 4. The van der Waals surface area contributed by atoms with Crippen LogP contribution >= 0.6 is 0 Å². The van der Waals surface area contributed by atoms with Crippen molar-refractivity contribution >= 4 is 44.4 Å². The Morgan fingerprint density at radius 1 is 0.521 bits per heavy atom. The number of H-pyrrole nitrogens is 2. The average Bonchev–Trinajstić information content (AvgIpc) is 3.84. The van der Waals surface area contributed by atoms with E-state index in [4.69, 9.17) is 14.7 Å². The maximum Gasteiger partial charge on any atom is 0.126 e. The van der Waals surface area contributed by atoms with E-state index in [0.29, 0.717) is 0 Å². The lowest BCUT2D eigenvalue weighted by Gasteiger charge is -2.13. The maximum absolute atomic E-state index is 6.05. The summed E-state index contributed by atoms with van der Waals surface area (Å²) in [7, 11) is 1.77. The molecule has 0 saturated heterocycles. The number of para-hydroxylation sites is 1. The standard InChI is InChI=1S/C43H52N4O/c1-10-25-27(12-3)36-23-38-29(14-5)31(16-7)42(46-38)41(33-20-18-19-21-40(33)48-9)43-32(17-8)30(15-6)39(47-43)24-37-28(13-4)26(11-2)35(45-37)22-34(25)44-36/h18-24,44,46H,10-17H2,1-9H3. The third-order valence-electron chi connectivity index (χ3n) is 10.5.